The van der Waals surface area contributed by atoms with Crippen LogP contribution in [0.15, 0.2) is 0 Å². The largest absolute Gasteiger partial charge is 0.449 e. The maximum Gasteiger partial charge on any atom is 0.409 e. The summed E-state index contributed by atoms with van der Waals surface area (Å²) in [5.41, 5.74) is 0.0948. The van der Waals surface area contributed by atoms with Crippen LogP contribution in [0.25, 0.3) is 0 Å². The van der Waals surface area contributed by atoms with Gasteiger partial charge in [0.25, 0.3) is 0 Å². The average molecular weight is 215 g/mol. The van der Waals surface area contributed by atoms with E-state index in [4.69, 9.17) is 4.74 Å². The number of nitrogens with zero attached hydrogens (tertiary/aromatic N) is 1. The van der Waals surface area contributed by atoms with Gasteiger partial charge in [-0.2, -0.15) is 0 Å². The second kappa shape index (κ2) is 6.70. The first-order valence-electron chi connectivity index (χ1n) is 5.88. The third-order valence-corrected chi connectivity index (χ3v) is 2.53. The Morgan fingerprint density at radius 3 is 2.13 bits per heavy atom. The summed E-state index contributed by atoms with van der Waals surface area (Å²) < 4.78 is 5.29. The highest BCUT2D eigenvalue weighted by Crippen LogP contribution is 2.22. The molecule has 0 saturated heterocycles. The van der Waals surface area contributed by atoms with E-state index >= 15 is 0 Å². The maximum atomic E-state index is 11.6. The summed E-state index contributed by atoms with van der Waals surface area (Å²) in [7, 11) is 0. The summed E-state index contributed by atoms with van der Waals surface area (Å²) in [6.07, 6.45) is 2.01. The second-order valence-electron chi connectivity index (χ2n) is 4.64. The van der Waals surface area contributed by atoms with Gasteiger partial charge in [-0.05, 0) is 25.7 Å². The molecular formula is C12H25NO2. The van der Waals surface area contributed by atoms with Crippen molar-refractivity contribution in [2.24, 2.45) is 5.41 Å². The van der Waals surface area contributed by atoms with Crippen molar-refractivity contribution in [3.63, 3.8) is 0 Å². The van der Waals surface area contributed by atoms with Crippen LogP contribution in [0, 0.1) is 5.41 Å². The molecule has 0 saturated carbocycles. The normalized spacial score (nSPS) is 11.3. The fourth-order valence-corrected chi connectivity index (χ4v) is 1.58. The first kappa shape index (κ1) is 14.3. The summed E-state index contributed by atoms with van der Waals surface area (Å²) in [6.45, 7) is 12.3. The molecule has 0 rings (SSSR count). The molecule has 0 aromatic carbocycles. The first-order valence-corrected chi connectivity index (χ1v) is 5.88. The van der Waals surface area contributed by atoms with Crippen LogP contribution in [0.5, 0.6) is 0 Å². The zero-order chi connectivity index (χ0) is 11.9. The highest BCUT2D eigenvalue weighted by Gasteiger charge is 2.20. The Labute approximate surface area is 93.8 Å². The van der Waals surface area contributed by atoms with E-state index in [1.165, 1.54) is 0 Å². The van der Waals surface area contributed by atoms with E-state index in [2.05, 4.69) is 20.8 Å². The zero-order valence-corrected chi connectivity index (χ0v) is 10.8. The quantitative estimate of drug-likeness (QED) is 0.680. The van der Waals surface area contributed by atoms with Gasteiger partial charge in [0.2, 0.25) is 0 Å². The third kappa shape index (κ3) is 5.65. The summed E-state index contributed by atoms with van der Waals surface area (Å²) in [6, 6.07) is 0. The van der Waals surface area contributed by atoms with Crippen molar-refractivity contribution in [1.29, 1.82) is 0 Å². The van der Waals surface area contributed by atoms with Crippen LogP contribution >= 0.6 is 0 Å². The van der Waals surface area contributed by atoms with Crippen molar-refractivity contribution in [1.82, 2.24) is 4.90 Å². The molecule has 0 radical (unpaired) electrons. The standard InChI is InChI=1S/C12H25NO2/c1-6-9-12(4,5)10-15-11(14)13(7-2)8-3/h6-10H2,1-5H3. The lowest BCUT2D eigenvalue weighted by molar-refractivity contribution is 0.0662. The lowest BCUT2D eigenvalue weighted by Gasteiger charge is -2.26. The van der Waals surface area contributed by atoms with Gasteiger partial charge in [0.1, 0.15) is 0 Å². The van der Waals surface area contributed by atoms with Gasteiger partial charge in [-0.1, -0.05) is 27.2 Å². The molecule has 15 heavy (non-hydrogen) atoms. The smallest absolute Gasteiger partial charge is 0.409 e. The van der Waals surface area contributed by atoms with E-state index in [0.717, 1.165) is 12.8 Å². The van der Waals surface area contributed by atoms with Crippen molar-refractivity contribution in [2.75, 3.05) is 19.7 Å². The molecule has 3 nitrogen and oxygen atoms in total. The van der Waals surface area contributed by atoms with Gasteiger partial charge in [0.15, 0.2) is 0 Å². The van der Waals surface area contributed by atoms with Gasteiger partial charge in [-0.15, -0.1) is 0 Å². The molecule has 0 fully saturated rings. The molecule has 90 valence electrons. The van der Waals surface area contributed by atoms with Crippen molar-refractivity contribution in [2.45, 2.75) is 47.5 Å². The van der Waals surface area contributed by atoms with Gasteiger partial charge >= 0.3 is 6.09 Å². The molecule has 0 aromatic rings. The zero-order valence-electron chi connectivity index (χ0n) is 10.8. The number of ether oxygens (including phenoxy) is 1. The van der Waals surface area contributed by atoms with Crippen molar-refractivity contribution >= 4 is 6.09 Å². The predicted octanol–water partition coefficient (Wildman–Crippen LogP) is 3.29. The van der Waals surface area contributed by atoms with Crippen LogP contribution in [-0.2, 0) is 4.74 Å². The fourth-order valence-electron chi connectivity index (χ4n) is 1.58. The minimum atomic E-state index is -0.191. The van der Waals surface area contributed by atoms with E-state index in [-0.39, 0.29) is 11.5 Å². The molecule has 0 aliphatic rings. The molecule has 1 amide bonds. The topological polar surface area (TPSA) is 29.5 Å². The van der Waals surface area contributed by atoms with Gasteiger partial charge < -0.3 is 9.64 Å². The van der Waals surface area contributed by atoms with Crippen LogP contribution < -0.4 is 0 Å². The average Bonchev–Trinajstić information content (AvgIpc) is 2.17. The Hall–Kier alpha value is -0.730. The highest BCUT2D eigenvalue weighted by atomic mass is 16.6. The second-order valence-corrected chi connectivity index (χ2v) is 4.64. The maximum absolute atomic E-state index is 11.6. The minimum absolute atomic E-state index is 0.0948. The summed E-state index contributed by atoms with van der Waals surface area (Å²) in [4.78, 5) is 13.3. The number of carbonyl (C=O) groups excluding carboxylic acids is 1. The summed E-state index contributed by atoms with van der Waals surface area (Å²) >= 11 is 0. The molecule has 0 spiro atoms. The molecule has 0 bridgehead atoms. The van der Waals surface area contributed by atoms with Gasteiger partial charge in [0, 0.05) is 13.1 Å². The lowest BCUT2D eigenvalue weighted by atomic mass is 9.89. The number of hydrogen-bond acceptors (Lipinski definition) is 2. The van der Waals surface area contributed by atoms with Crippen molar-refractivity contribution in [3.05, 3.63) is 0 Å². The highest BCUT2D eigenvalue weighted by molar-refractivity contribution is 5.67. The molecule has 0 unspecified atom stereocenters. The summed E-state index contributed by atoms with van der Waals surface area (Å²) in [5, 5.41) is 0. The SMILES string of the molecule is CCCC(C)(C)COC(=O)N(CC)CC. The van der Waals surface area contributed by atoms with Crippen molar-refractivity contribution < 1.29 is 9.53 Å². The number of amides is 1. The summed E-state index contributed by atoms with van der Waals surface area (Å²) in [5.74, 6) is 0. The van der Waals surface area contributed by atoms with E-state index in [1.54, 1.807) is 4.90 Å². The first-order chi connectivity index (χ1) is 6.96. The lowest BCUT2D eigenvalue weighted by Crippen LogP contribution is -2.33. The predicted molar refractivity (Wildman–Crippen MR) is 63.0 cm³/mol. The van der Waals surface area contributed by atoms with Gasteiger partial charge in [-0.25, -0.2) is 4.79 Å². The molecule has 0 heterocycles. The molecule has 3 heteroatoms. The van der Waals surface area contributed by atoms with E-state index < -0.39 is 0 Å². The third-order valence-electron chi connectivity index (χ3n) is 2.53. The Bertz CT molecular complexity index is 186. The molecular weight excluding hydrogens is 190 g/mol. The Morgan fingerprint density at radius 1 is 1.20 bits per heavy atom. The van der Waals surface area contributed by atoms with E-state index in [0.29, 0.717) is 19.7 Å². The Balaban J connectivity index is 3.98. The Morgan fingerprint density at radius 2 is 1.73 bits per heavy atom. The number of hydrogen-bond donors (Lipinski definition) is 0. The number of rotatable bonds is 6. The molecule has 0 N–H and O–H groups in total. The van der Waals surface area contributed by atoms with Crippen molar-refractivity contribution in [3.8, 4) is 0 Å². The number of carbonyl (C=O) groups is 1. The van der Waals surface area contributed by atoms with E-state index in [9.17, 15) is 4.79 Å². The minimum Gasteiger partial charge on any atom is -0.449 e. The van der Waals surface area contributed by atoms with Crippen LogP contribution in [0.2, 0.25) is 0 Å². The monoisotopic (exact) mass is 215 g/mol. The molecule has 0 aliphatic heterocycles. The van der Waals surface area contributed by atoms with Gasteiger partial charge in [-0.3, -0.25) is 0 Å². The van der Waals surface area contributed by atoms with Crippen LogP contribution in [0.1, 0.15) is 47.5 Å². The van der Waals surface area contributed by atoms with Gasteiger partial charge in [0.05, 0.1) is 6.61 Å². The molecule has 0 atom stereocenters. The van der Waals surface area contributed by atoms with E-state index in [1.807, 2.05) is 13.8 Å². The molecule has 0 aliphatic carbocycles. The molecule has 0 aromatic heterocycles. The van der Waals surface area contributed by atoms with Crippen LogP contribution in [-0.4, -0.2) is 30.7 Å². The fraction of sp³-hybridized carbons (Fsp3) is 0.917. The Kier molecular flexibility index (Phi) is 6.37. The van der Waals surface area contributed by atoms with Crippen LogP contribution in [0.4, 0.5) is 4.79 Å². The van der Waals surface area contributed by atoms with Crippen LogP contribution in [0.3, 0.4) is 0 Å².